The third-order valence-electron chi connectivity index (χ3n) is 5.74. The van der Waals surface area contributed by atoms with E-state index in [2.05, 4.69) is 9.97 Å². The van der Waals surface area contributed by atoms with Gasteiger partial charge < -0.3 is 4.90 Å². The van der Waals surface area contributed by atoms with Crippen molar-refractivity contribution in [1.82, 2.24) is 14.9 Å². The van der Waals surface area contributed by atoms with E-state index in [1.54, 1.807) is 6.07 Å². The number of rotatable bonds is 5. The van der Waals surface area contributed by atoms with Crippen molar-refractivity contribution in [3.05, 3.63) is 58.1 Å². The van der Waals surface area contributed by atoms with E-state index in [0.29, 0.717) is 10.9 Å². The van der Waals surface area contributed by atoms with Crippen molar-refractivity contribution in [2.24, 2.45) is 0 Å². The fraction of sp³-hybridized carbons (Fsp3) is 0.391. The Morgan fingerprint density at radius 2 is 1.68 bits per heavy atom. The summed E-state index contributed by atoms with van der Waals surface area (Å²) in [6.45, 7) is 3.71. The summed E-state index contributed by atoms with van der Waals surface area (Å²) in [5.41, 5.74) is 1.82. The number of carbonyl (C=O) groups is 2. The van der Waals surface area contributed by atoms with Crippen LogP contribution in [0, 0.1) is 19.7 Å². The molecule has 1 saturated carbocycles. The first-order valence-electron chi connectivity index (χ1n) is 10.5. The Bertz CT molecular complexity index is 1050. The molecule has 2 aromatic rings. The summed E-state index contributed by atoms with van der Waals surface area (Å²) in [7, 11) is 1.85. The minimum atomic E-state index is -0.613. The Balaban J connectivity index is 1.77. The van der Waals surface area contributed by atoms with Gasteiger partial charge in [0.2, 0.25) is 0 Å². The number of halogens is 1. The maximum atomic E-state index is 14.5. The summed E-state index contributed by atoms with van der Waals surface area (Å²) >= 11 is 1.08. The van der Waals surface area contributed by atoms with Crippen LogP contribution in [0.4, 0.5) is 10.1 Å². The summed E-state index contributed by atoms with van der Waals surface area (Å²) in [4.78, 5) is 38.8. The molecular formula is C23H25FN4O2S. The van der Waals surface area contributed by atoms with Gasteiger partial charge in [0.05, 0.1) is 5.69 Å². The van der Waals surface area contributed by atoms with Crippen LogP contribution in [0.2, 0.25) is 0 Å². The minimum Gasteiger partial charge on any atom is -0.366 e. The third-order valence-corrected chi connectivity index (χ3v) is 6.68. The SMILES string of the molecule is Cc1cc(C)nc(SC2=C(N(C)C3CCCCC3)C(=O)N(c3ccccc3F)C2=O)n1. The highest BCUT2D eigenvalue weighted by Crippen LogP contribution is 2.39. The number of carbonyl (C=O) groups excluding carboxylic acids is 2. The van der Waals surface area contributed by atoms with Gasteiger partial charge in [-0.15, -0.1) is 0 Å². The van der Waals surface area contributed by atoms with Gasteiger partial charge in [0.15, 0.2) is 5.16 Å². The lowest BCUT2D eigenvalue weighted by atomic mass is 9.94. The molecule has 2 aliphatic rings. The van der Waals surface area contributed by atoms with Gasteiger partial charge in [-0.2, -0.15) is 0 Å². The number of hydrogen-bond donors (Lipinski definition) is 0. The highest BCUT2D eigenvalue weighted by Gasteiger charge is 2.44. The summed E-state index contributed by atoms with van der Waals surface area (Å²) in [6.07, 6.45) is 5.27. The molecule has 0 unspecified atom stereocenters. The Hall–Kier alpha value is -2.74. The molecule has 1 aromatic carbocycles. The third kappa shape index (κ3) is 4.21. The highest BCUT2D eigenvalue weighted by atomic mass is 32.2. The van der Waals surface area contributed by atoms with E-state index in [9.17, 15) is 14.0 Å². The molecule has 1 aromatic heterocycles. The number of nitrogens with zero attached hydrogens (tertiary/aromatic N) is 4. The van der Waals surface area contributed by atoms with Crippen LogP contribution in [0.1, 0.15) is 43.5 Å². The van der Waals surface area contributed by atoms with Crippen LogP contribution in [0.5, 0.6) is 0 Å². The molecule has 31 heavy (non-hydrogen) atoms. The van der Waals surface area contributed by atoms with Crippen molar-refractivity contribution in [1.29, 1.82) is 0 Å². The molecule has 0 radical (unpaired) electrons. The summed E-state index contributed by atoms with van der Waals surface area (Å²) in [6, 6.07) is 7.85. The zero-order chi connectivity index (χ0) is 22.1. The number of amides is 2. The summed E-state index contributed by atoms with van der Waals surface area (Å²) in [5.74, 6) is -1.66. The van der Waals surface area contributed by atoms with Crippen molar-refractivity contribution >= 4 is 29.3 Å². The monoisotopic (exact) mass is 440 g/mol. The second-order valence-electron chi connectivity index (χ2n) is 8.01. The van der Waals surface area contributed by atoms with Gasteiger partial charge in [-0.1, -0.05) is 31.4 Å². The lowest BCUT2D eigenvalue weighted by molar-refractivity contribution is -0.121. The van der Waals surface area contributed by atoms with E-state index >= 15 is 0 Å². The smallest absolute Gasteiger partial charge is 0.283 e. The van der Waals surface area contributed by atoms with E-state index in [-0.39, 0.29) is 16.6 Å². The normalized spacial score (nSPS) is 17.6. The summed E-state index contributed by atoms with van der Waals surface area (Å²) < 4.78 is 14.5. The molecule has 1 fully saturated rings. The molecule has 0 spiro atoms. The first kappa shape index (κ1) is 21.5. The van der Waals surface area contributed by atoms with E-state index in [0.717, 1.165) is 53.7 Å². The van der Waals surface area contributed by atoms with Crippen LogP contribution in [0.25, 0.3) is 0 Å². The van der Waals surface area contributed by atoms with Crippen LogP contribution in [-0.2, 0) is 9.59 Å². The number of likely N-dealkylation sites (N-methyl/N-ethyl adjacent to an activating group) is 1. The second kappa shape index (κ2) is 8.78. The Labute approximate surface area is 185 Å². The van der Waals surface area contributed by atoms with E-state index < -0.39 is 17.6 Å². The maximum absolute atomic E-state index is 14.5. The van der Waals surface area contributed by atoms with Crippen LogP contribution in [0.15, 0.2) is 46.1 Å². The predicted octanol–water partition coefficient (Wildman–Crippen LogP) is 4.37. The van der Waals surface area contributed by atoms with Gasteiger partial charge in [0.1, 0.15) is 16.4 Å². The fourth-order valence-electron chi connectivity index (χ4n) is 4.23. The van der Waals surface area contributed by atoms with Crippen molar-refractivity contribution in [3.63, 3.8) is 0 Å². The van der Waals surface area contributed by atoms with Crippen LogP contribution < -0.4 is 4.90 Å². The molecule has 162 valence electrons. The molecular weight excluding hydrogens is 415 g/mol. The molecule has 1 aliphatic carbocycles. The first-order chi connectivity index (χ1) is 14.9. The average Bonchev–Trinajstić information content (AvgIpc) is 2.97. The largest absolute Gasteiger partial charge is 0.366 e. The second-order valence-corrected chi connectivity index (χ2v) is 8.99. The molecule has 0 N–H and O–H groups in total. The number of imide groups is 1. The fourth-order valence-corrected chi connectivity index (χ4v) is 5.30. The number of thioether (sulfide) groups is 1. The van der Waals surface area contributed by atoms with Crippen LogP contribution in [0.3, 0.4) is 0 Å². The standard InChI is InChI=1S/C23H25FN4O2S/c1-14-13-15(2)26-23(25-14)31-20-19(27(3)16-9-5-4-6-10-16)21(29)28(22(20)30)18-12-8-7-11-17(18)24/h7-8,11-13,16H,4-6,9-10H2,1-3H3. The molecule has 4 rings (SSSR count). The highest BCUT2D eigenvalue weighted by molar-refractivity contribution is 8.04. The lowest BCUT2D eigenvalue weighted by Gasteiger charge is -2.33. The topological polar surface area (TPSA) is 66.4 Å². The maximum Gasteiger partial charge on any atom is 0.283 e. The van der Waals surface area contributed by atoms with Crippen LogP contribution in [-0.4, -0.2) is 39.8 Å². The Morgan fingerprint density at radius 1 is 1.03 bits per heavy atom. The first-order valence-corrected chi connectivity index (χ1v) is 11.3. The van der Waals surface area contributed by atoms with Crippen LogP contribution >= 0.6 is 11.8 Å². The minimum absolute atomic E-state index is 0.0380. The van der Waals surface area contributed by atoms with Gasteiger partial charge in [0, 0.05) is 24.5 Å². The molecule has 2 amide bonds. The molecule has 0 bridgehead atoms. The van der Waals surface area contributed by atoms with E-state index in [1.165, 1.54) is 24.6 Å². The Kier molecular flexibility index (Phi) is 6.09. The van der Waals surface area contributed by atoms with Crippen molar-refractivity contribution in [2.45, 2.75) is 57.1 Å². The van der Waals surface area contributed by atoms with Gasteiger partial charge in [0.25, 0.3) is 11.8 Å². The van der Waals surface area contributed by atoms with E-state index in [4.69, 9.17) is 0 Å². The zero-order valence-electron chi connectivity index (χ0n) is 17.9. The Morgan fingerprint density at radius 3 is 2.32 bits per heavy atom. The van der Waals surface area contributed by atoms with Gasteiger partial charge >= 0.3 is 0 Å². The number of aryl methyl sites for hydroxylation is 2. The predicted molar refractivity (Wildman–Crippen MR) is 118 cm³/mol. The molecule has 0 atom stereocenters. The number of benzene rings is 1. The van der Waals surface area contributed by atoms with Gasteiger partial charge in [-0.25, -0.2) is 19.3 Å². The molecule has 1 aliphatic heterocycles. The number of para-hydroxylation sites is 1. The molecule has 0 saturated heterocycles. The van der Waals surface area contributed by atoms with Gasteiger partial charge in [-0.05, 0) is 56.7 Å². The van der Waals surface area contributed by atoms with Crippen molar-refractivity contribution < 1.29 is 14.0 Å². The summed E-state index contributed by atoms with van der Waals surface area (Å²) in [5, 5.41) is 0.401. The van der Waals surface area contributed by atoms with Gasteiger partial charge in [-0.3, -0.25) is 9.59 Å². The molecule has 8 heteroatoms. The number of aromatic nitrogens is 2. The number of hydrogen-bond acceptors (Lipinski definition) is 6. The zero-order valence-corrected chi connectivity index (χ0v) is 18.7. The quantitative estimate of drug-likeness (QED) is 0.508. The van der Waals surface area contributed by atoms with E-state index in [1.807, 2.05) is 31.9 Å². The average molecular weight is 441 g/mol. The lowest BCUT2D eigenvalue weighted by Crippen LogP contribution is -2.39. The van der Waals surface area contributed by atoms with Crippen molar-refractivity contribution in [3.8, 4) is 0 Å². The molecule has 6 nitrogen and oxygen atoms in total. The number of anilines is 1. The van der Waals surface area contributed by atoms with Crippen molar-refractivity contribution in [2.75, 3.05) is 11.9 Å². The molecule has 2 heterocycles.